The number of carbonyl (C=O) groups is 1. The molecule has 1 fully saturated rings. The van der Waals surface area contributed by atoms with Crippen molar-refractivity contribution in [1.29, 1.82) is 0 Å². The molecule has 1 aromatic rings. The van der Waals surface area contributed by atoms with E-state index in [4.69, 9.17) is 4.74 Å². The number of methoxy groups -OCH3 is 1. The fraction of sp³-hybridized carbons (Fsp3) is 0.750. The van der Waals surface area contributed by atoms with E-state index in [0.29, 0.717) is 13.0 Å². The van der Waals surface area contributed by atoms with Crippen LogP contribution < -0.4 is 0 Å². The number of H-pyrrole nitrogens is 1. The van der Waals surface area contributed by atoms with Crippen molar-refractivity contribution < 1.29 is 9.53 Å². The van der Waals surface area contributed by atoms with Crippen LogP contribution in [0.5, 0.6) is 0 Å². The predicted octanol–water partition coefficient (Wildman–Crippen LogP) is 1.14. The van der Waals surface area contributed by atoms with E-state index in [1.807, 2.05) is 18.7 Å². The Balaban J connectivity index is 1.90. The summed E-state index contributed by atoms with van der Waals surface area (Å²) in [5.41, 5.74) is 2.96. The first kappa shape index (κ1) is 17.0. The van der Waals surface area contributed by atoms with Gasteiger partial charge in [-0.2, -0.15) is 5.10 Å². The Morgan fingerprint density at radius 2 is 1.91 bits per heavy atom. The summed E-state index contributed by atoms with van der Waals surface area (Å²) in [5.74, 6) is 0.191. The molecule has 0 radical (unpaired) electrons. The summed E-state index contributed by atoms with van der Waals surface area (Å²) in [6.07, 6.45) is 0.440. The van der Waals surface area contributed by atoms with Gasteiger partial charge in [-0.1, -0.05) is 0 Å². The number of aromatic amines is 1. The van der Waals surface area contributed by atoms with Gasteiger partial charge in [0.05, 0.1) is 18.7 Å². The van der Waals surface area contributed by atoms with Crippen LogP contribution in [0.4, 0.5) is 0 Å². The molecule has 0 aliphatic carbocycles. The van der Waals surface area contributed by atoms with Gasteiger partial charge >= 0.3 is 0 Å². The first-order valence-electron chi connectivity index (χ1n) is 7.87. The normalized spacial score (nSPS) is 17.0. The van der Waals surface area contributed by atoms with Crippen LogP contribution in [0.2, 0.25) is 0 Å². The van der Waals surface area contributed by atoms with Crippen molar-refractivity contribution in [3.05, 3.63) is 17.0 Å². The SMILES string of the molecule is COCC(C)(C)N1CCN(C(=O)Cc2c(C)n[nH]c2C)CC1. The van der Waals surface area contributed by atoms with Crippen LogP contribution in [0.15, 0.2) is 0 Å². The minimum atomic E-state index is 0.0155. The Hall–Kier alpha value is -1.40. The van der Waals surface area contributed by atoms with Gasteiger partial charge in [0.15, 0.2) is 0 Å². The molecule has 124 valence electrons. The fourth-order valence-corrected chi connectivity index (χ4v) is 3.10. The molecule has 0 spiro atoms. The molecule has 1 saturated heterocycles. The van der Waals surface area contributed by atoms with Gasteiger partial charge in [-0.3, -0.25) is 14.8 Å². The van der Waals surface area contributed by atoms with Crippen LogP contribution in [0.3, 0.4) is 0 Å². The Labute approximate surface area is 132 Å². The average Bonchev–Trinajstić information content (AvgIpc) is 2.79. The zero-order valence-corrected chi connectivity index (χ0v) is 14.4. The molecule has 0 bridgehead atoms. The first-order valence-corrected chi connectivity index (χ1v) is 7.87. The second kappa shape index (κ2) is 6.79. The summed E-state index contributed by atoms with van der Waals surface area (Å²) < 4.78 is 5.30. The Kier molecular flexibility index (Phi) is 5.24. The van der Waals surface area contributed by atoms with Crippen LogP contribution in [0, 0.1) is 13.8 Å². The quantitative estimate of drug-likeness (QED) is 0.886. The molecule has 0 aromatic carbocycles. The van der Waals surface area contributed by atoms with Crippen molar-refractivity contribution in [2.24, 2.45) is 0 Å². The highest BCUT2D eigenvalue weighted by molar-refractivity contribution is 5.79. The molecule has 1 aromatic heterocycles. The standard InChI is InChI=1S/C16H28N4O2/c1-12-14(13(2)18-17-12)10-15(21)19-6-8-20(9-7-19)16(3,4)11-22-5/h6-11H2,1-5H3,(H,17,18). The Morgan fingerprint density at radius 1 is 1.27 bits per heavy atom. The maximum atomic E-state index is 12.5. The number of aryl methyl sites for hydroxylation is 2. The first-order chi connectivity index (χ1) is 10.3. The highest BCUT2D eigenvalue weighted by Gasteiger charge is 2.31. The molecule has 2 heterocycles. The van der Waals surface area contributed by atoms with Gasteiger partial charge in [-0.15, -0.1) is 0 Å². The highest BCUT2D eigenvalue weighted by Crippen LogP contribution is 2.18. The minimum absolute atomic E-state index is 0.0155. The Morgan fingerprint density at radius 3 is 2.41 bits per heavy atom. The van der Waals surface area contributed by atoms with Crippen molar-refractivity contribution in [1.82, 2.24) is 20.0 Å². The van der Waals surface area contributed by atoms with Gasteiger partial charge in [-0.25, -0.2) is 0 Å². The van der Waals surface area contributed by atoms with Crippen LogP contribution in [-0.2, 0) is 16.0 Å². The smallest absolute Gasteiger partial charge is 0.227 e. The molecule has 1 aliphatic heterocycles. The van der Waals surface area contributed by atoms with E-state index < -0.39 is 0 Å². The second-order valence-electron chi connectivity index (χ2n) is 6.70. The number of nitrogens with one attached hydrogen (secondary N) is 1. The number of carbonyl (C=O) groups excluding carboxylic acids is 1. The number of nitrogens with zero attached hydrogens (tertiary/aromatic N) is 3. The van der Waals surface area contributed by atoms with Gasteiger partial charge in [0.25, 0.3) is 0 Å². The summed E-state index contributed by atoms with van der Waals surface area (Å²) in [6.45, 7) is 12.3. The highest BCUT2D eigenvalue weighted by atomic mass is 16.5. The van der Waals surface area contributed by atoms with Crippen LogP contribution in [-0.4, -0.2) is 71.3 Å². The lowest BCUT2D eigenvalue weighted by Crippen LogP contribution is -2.57. The third-order valence-corrected chi connectivity index (χ3v) is 4.59. The van der Waals surface area contributed by atoms with Gasteiger partial charge in [-0.05, 0) is 27.7 Å². The molecule has 2 rings (SSSR count). The third-order valence-electron chi connectivity index (χ3n) is 4.59. The maximum absolute atomic E-state index is 12.5. The van der Waals surface area contributed by atoms with Gasteiger partial charge in [0.2, 0.25) is 5.91 Å². The van der Waals surface area contributed by atoms with Crippen molar-refractivity contribution in [2.75, 3.05) is 39.9 Å². The molecule has 6 heteroatoms. The van der Waals surface area contributed by atoms with Crippen molar-refractivity contribution >= 4 is 5.91 Å². The van der Waals surface area contributed by atoms with Gasteiger partial charge < -0.3 is 9.64 Å². The molecule has 1 amide bonds. The van der Waals surface area contributed by atoms with Crippen LogP contribution in [0.1, 0.15) is 30.8 Å². The largest absolute Gasteiger partial charge is 0.383 e. The maximum Gasteiger partial charge on any atom is 0.227 e. The van der Waals surface area contributed by atoms with E-state index in [9.17, 15) is 4.79 Å². The topological polar surface area (TPSA) is 61.5 Å². The van der Waals surface area contributed by atoms with Crippen LogP contribution in [0.25, 0.3) is 0 Å². The average molecular weight is 308 g/mol. The van der Waals surface area contributed by atoms with Gasteiger partial charge in [0, 0.05) is 50.1 Å². The number of hydrogen-bond donors (Lipinski definition) is 1. The summed E-state index contributed by atoms with van der Waals surface area (Å²) >= 11 is 0. The lowest BCUT2D eigenvalue weighted by molar-refractivity contribution is -0.133. The van der Waals surface area contributed by atoms with Crippen LogP contribution >= 0.6 is 0 Å². The predicted molar refractivity (Wildman–Crippen MR) is 85.9 cm³/mol. The van der Waals surface area contributed by atoms with E-state index >= 15 is 0 Å². The monoisotopic (exact) mass is 308 g/mol. The molecule has 0 unspecified atom stereocenters. The van der Waals surface area contributed by atoms with Crippen molar-refractivity contribution in [3.63, 3.8) is 0 Å². The number of ether oxygens (including phenoxy) is 1. The lowest BCUT2D eigenvalue weighted by atomic mass is 10.0. The van der Waals surface area contributed by atoms with E-state index in [-0.39, 0.29) is 11.4 Å². The number of aromatic nitrogens is 2. The summed E-state index contributed by atoms with van der Waals surface area (Å²) in [7, 11) is 1.73. The molecule has 1 aliphatic rings. The third kappa shape index (κ3) is 3.67. The second-order valence-corrected chi connectivity index (χ2v) is 6.70. The van der Waals surface area contributed by atoms with Gasteiger partial charge in [0.1, 0.15) is 0 Å². The molecular weight excluding hydrogens is 280 g/mol. The molecule has 22 heavy (non-hydrogen) atoms. The summed E-state index contributed by atoms with van der Waals surface area (Å²) in [6, 6.07) is 0. The molecule has 6 nitrogen and oxygen atoms in total. The van der Waals surface area contributed by atoms with Crippen molar-refractivity contribution in [3.8, 4) is 0 Å². The number of amides is 1. The molecule has 0 saturated carbocycles. The van der Waals surface area contributed by atoms with E-state index in [1.54, 1.807) is 7.11 Å². The van der Waals surface area contributed by atoms with E-state index in [2.05, 4.69) is 28.9 Å². The molecule has 1 N–H and O–H groups in total. The number of hydrogen-bond acceptors (Lipinski definition) is 4. The molecular formula is C16H28N4O2. The number of piperazine rings is 1. The summed E-state index contributed by atoms with van der Waals surface area (Å²) in [4.78, 5) is 16.9. The lowest BCUT2D eigenvalue weighted by Gasteiger charge is -2.43. The fourth-order valence-electron chi connectivity index (χ4n) is 3.10. The van der Waals surface area contributed by atoms with E-state index in [1.165, 1.54) is 0 Å². The zero-order valence-electron chi connectivity index (χ0n) is 14.4. The summed E-state index contributed by atoms with van der Waals surface area (Å²) in [5, 5.41) is 7.10. The molecule has 0 atom stereocenters. The minimum Gasteiger partial charge on any atom is -0.383 e. The number of rotatable bonds is 5. The zero-order chi connectivity index (χ0) is 16.3. The van der Waals surface area contributed by atoms with Crippen molar-refractivity contribution in [2.45, 2.75) is 39.7 Å². The van der Waals surface area contributed by atoms with E-state index in [0.717, 1.165) is 43.1 Å². The Bertz CT molecular complexity index is 497.